The predicted molar refractivity (Wildman–Crippen MR) is 61.9 cm³/mol. The summed E-state index contributed by atoms with van der Waals surface area (Å²) in [4.78, 5) is 23.8. The quantitative estimate of drug-likeness (QED) is 0.760. The maximum absolute atomic E-state index is 11.4. The topological polar surface area (TPSA) is 78.9 Å². The molecule has 1 heterocycles. The van der Waals surface area contributed by atoms with Crippen molar-refractivity contribution in [1.29, 1.82) is 0 Å². The molecule has 1 amide bonds. The Morgan fingerprint density at radius 2 is 2.06 bits per heavy atom. The van der Waals surface area contributed by atoms with E-state index in [1.165, 1.54) is 0 Å². The fourth-order valence-corrected chi connectivity index (χ4v) is 1.87. The lowest BCUT2D eigenvalue weighted by Gasteiger charge is -2.32. The van der Waals surface area contributed by atoms with Crippen molar-refractivity contribution in [2.24, 2.45) is 0 Å². The van der Waals surface area contributed by atoms with Crippen molar-refractivity contribution >= 4 is 12.1 Å². The highest BCUT2D eigenvalue weighted by molar-refractivity contribution is 5.72. The molecule has 0 radical (unpaired) electrons. The summed E-state index contributed by atoms with van der Waals surface area (Å²) in [6.45, 7) is 5.01. The van der Waals surface area contributed by atoms with E-state index in [1.807, 2.05) is 0 Å². The Balaban J connectivity index is 2.30. The number of carbonyl (C=O) groups excluding carboxylic acids is 1. The van der Waals surface area contributed by atoms with Gasteiger partial charge in [0.15, 0.2) is 0 Å². The fourth-order valence-electron chi connectivity index (χ4n) is 1.87. The summed E-state index contributed by atoms with van der Waals surface area (Å²) in [6, 6.07) is -0.388. The standard InChI is InChI=1S/C11H20N2O4/c1-3-17-11(16)13-6-4-9(5-7-13)12-8(2)10(14)15/h8-9,12H,3-7H2,1-2H3,(H,14,15)/t8-/m1/s1. The van der Waals surface area contributed by atoms with Gasteiger partial charge in [-0.05, 0) is 26.7 Å². The summed E-state index contributed by atoms with van der Waals surface area (Å²) >= 11 is 0. The minimum absolute atomic E-state index is 0.159. The molecule has 2 N–H and O–H groups in total. The zero-order valence-electron chi connectivity index (χ0n) is 10.3. The molecule has 17 heavy (non-hydrogen) atoms. The second kappa shape index (κ2) is 6.44. The maximum atomic E-state index is 11.4. The molecule has 0 aromatic heterocycles. The van der Waals surface area contributed by atoms with Crippen molar-refractivity contribution in [3.05, 3.63) is 0 Å². The van der Waals surface area contributed by atoms with Gasteiger partial charge in [-0.15, -0.1) is 0 Å². The molecule has 0 bridgehead atoms. The van der Waals surface area contributed by atoms with E-state index in [4.69, 9.17) is 9.84 Å². The molecule has 0 aromatic rings. The molecular weight excluding hydrogens is 224 g/mol. The van der Waals surface area contributed by atoms with E-state index >= 15 is 0 Å². The highest BCUT2D eigenvalue weighted by Crippen LogP contribution is 2.12. The zero-order valence-corrected chi connectivity index (χ0v) is 10.3. The lowest BCUT2D eigenvalue weighted by Crippen LogP contribution is -2.49. The molecule has 1 saturated heterocycles. The van der Waals surface area contributed by atoms with Gasteiger partial charge in [0.05, 0.1) is 6.61 Å². The number of likely N-dealkylation sites (tertiary alicyclic amines) is 1. The van der Waals surface area contributed by atoms with Gasteiger partial charge < -0.3 is 20.1 Å². The second-order valence-corrected chi connectivity index (χ2v) is 4.19. The highest BCUT2D eigenvalue weighted by Gasteiger charge is 2.25. The number of hydrogen-bond acceptors (Lipinski definition) is 4. The first-order valence-corrected chi connectivity index (χ1v) is 5.95. The van der Waals surface area contributed by atoms with Crippen molar-refractivity contribution in [3.8, 4) is 0 Å². The van der Waals surface area contributed by atoms with Gasteiger partial charge in [-0.3, -0.25) is 4.79 Å². The van der Waals surface area contributed by atoms with Gasteiger partial charge in [-0.25, -0.2) is 4.79 Å². The van der Waals surface area contributed by atoms with Gasteiger partial charge in [0.25, 0.3) is 0 Å². The lowest BCUT2D eigenvalue weighted by atomic mass is 10.0. The van der Waals surface area contributed by atoms with Crippen LogP contribution in [0.5, 0.6) is 0 Å². The van der Waals surface area contributed by atoms with E-state index in [9.17, 15) is 9.59 Å². The number of carboxylic acid groups (broad SMARTS) is 1. The van der Waals surface area contributed by atoms with Crippen LogP contribution in [0.1, 0.15) is 26.7 Å². The molecule has 6 heteroatoms. The first kappa shape index (κ1) is 13.8. The van der Waals surface area contributed by atoms with Gasteiger partial charge in [-0.1, -0.05) is 0 Å². The third kappa shape index (κ3) is 4.22. The Morgan fingerprint density at radius 3 is 2.53 bits per heavy atom. The third-order valence-electron chi connectivity index (χ3n) is 2.88. The van der Waals surface area contributed by atoms with E-state index in [2.05, 4.69) is 5.32 Å². The largest absolute Gasteiger partial charge is 0.480 e. The van der Waals surface area contributed by atoms with Crippen LogP contribution in [0.3, 0.4) is 0 Å². The minimum atomic E-state index is -0.849. The Kier molecular flexibility index (Phi) is 5.21. The molecule has 0 aromatic carbocycles. The highest BCUT2D eigenvalue weighted by atomic mass is 16.6. The summed E-state index contributed by atoms with van der Waals surface area (Å²) < 4.78 is 4.91. The number of nitrogens with one attached hydrogen (secondary N) is 1. The van der Waals surface area contributed by atoms with Crippen LogP contribution in [0.2, 0.25) is 0 Å². The van der Waals surface area contributed by atoms with Gasteiger partial charge in [-0.2, -0.15) is 0 Å². The number of hydrogen-bond donors (Lipinski definition) is 2. The van der Waals surface area contributed by atoms with E-state index in [-0.39, 0.29) is 12.1 Å². The molecule has 1 aliphatic rings. The number of nitrogens with zero attached hydrogens (tertiary/aromatic N) is 1. The minimum Gasteiger partial charge on any atom is -0.480 e. The van der Waals surface area contributed by atoms with Crippen LogP contribution in [0.4, 0.5) is 4.79 Å². The molecule has 1 aliphatic heterocycles. The lowest BCUT2D eigenvalue weighted by molar-refractivity contribution is -0.139. The van der Waals surface area contributed by atoms with Crippen LogP contribution in [-0.4, -0.2) is 53.8 Å². The summed E-state index contributed by atoms with van der Waals surface area (Å²) in [6.07, 6.45) is 1.24. The first-order valence-electron chi connectivity index (χ1n) is 5.95. The Morgan fingerprint density at radius 1 is 1.47 bits per heavy atom. The molecular formula is C11H20N2O4. The molecule has 0 spiro atoms. The van der Waals surface area contributed by atoms with Crippen molar-refractivity contribution in [1.82, 2.24) is 10.2 Å². The third-order valence-corrected chi connectivity index (χ3v) is 2.88. The monoisotopic (exact) mass is 244 g/mol. The van der Waals surface area contributed by atoms with Crippen LogP contribution in [0.25, 0.3) is 0 Å². The molecule has 1 rings (SSSR count). The van der Waals surface area contributed by atoms with Gasteiger partial charge >= 0.3 is 12.1 Å². The van der Waals surface area contributed by atoms with E-state index < -0.39 is 12.0 Å². The van der Waals surface area contributed by atoms with Crippen LogP contribution >= 0.6 is 0 Å². The molecule has 6 nitrogen and oxygen atoms in total. The Hall–Kier alpha value is -1.30. The fraction of sp³-hybridized carbons (Fsp3) is 0.818. The molecule has 0 aliphatic carbocycles. The van der Waals surface area contributed by atoms with Crippen molar-refractivity contribution in [2.75, 3.05) is 19.7 Å². The molecule has 0 unspecified atom stereocenters. The number of carbonyl (C=O) groups is 2. The van der Waals surface area contributed by atoms with Crippen molar-refractivity contribution in [2.45, 2.75) is 38.8 Å². The van der Waals surface area contributed by atoms with Gasteiger partial charge in [0.2, 0.25) is 0 Å². The SMILES string of the molecule is CCOC(=O)N1CCC(N[C@H](C)C(=O)O)CC1. The van der Waals surface area contributed by atoms with Crippen LogP contribution in [0.15, 0.2) is 0 Å². The summed E-state index contributed by atoms with van der Waals surface area (Å²) in [5.74, 6) is -0.849. The second-order valence-electron chi connectivity index (χ2n) is 4.19. The van der Waals surface area contributed by atoms with Crippen molar-refractivity contribution in [3.63, 3.8) is 0 Å². The summed E-state index contributed by atoms with van der Waals surface area (Å²) in [5.41, 5.74) is 0. The predicted octanol–water partition coefficient (Wildman–Crippen LogP) is 0.670. The zero-order chi connectivity index (χ0) is 12.8. The van der Waals surface area contributed by atoms with E-state index in [1.54, 1.807) is 18.7 Å². The van der Waals surface area contributed by atoms with E-state index in [0.29, 0.717) is 19.7 Å². The first-order chi connectivity index (χ1) is 8.04. The molecule has 1 fully saturated rings. The van der Waals surface area contributed by atoms with Gasteiger partial charge in [0, 0.05) is 19.1 Å². The Labute approximate surface area is 101 Å². The molecule has 98 valence electrons. The number of ether oxygens (including phenoxy) is 1. The number of aliphatic carboxylic acids is 1. The smallest absolute Gasteiger partial charge is 0.409 e. The Bertz CT molecular complexity index is 275. The molecule has 1 atom stereocenters. The number of piperidine rings is 1. The summed E-state index contributed by atoms with van der Waals surface area (Å²) in [5, 5.41) is 11.8. The number of amides is 1. The molecule has 0 saturated carbocycles. The summed E-state index contributed by atoms with van der Waals surface area (Å²) in [7, 11) is 0. The average molecular weight is 244 g/mol. The van der Waals surface area contributed by atoms with Crippen LogP contribution in [-0.2, 0) is 9.53 Å². The average Bonchev–Trinajstić information content (AvgIpc) is 2.30. The van der Waals surface area contributed by atoms with Crippen LogP contribution in [0, 0.1) is 0 Å². The van der Waals surface area contributed by atoms with E-state index in [0.717, 1.165) is 12.8 Å². The van der Waals surface area contributed by atoms with Gasteiger partial charge in [0.1, 0.15) is 6.04 Å². The number of carboxylic acids is 1. The maximum Gasteiger partial charge on any atom is 0.409 e. The van der Waals surface area contributed by atoms with Crippen molar-refractivity contribution < 1.29 is 19.4 Å². The number of rotatable bonds is 4. The van der Waals surface area contributed by atoms with Crippen LogP contribution < -0.4 is 5.32 Å². The normalized spacial score (nSPS) is 18.8.